The Bertz CT molecular complexity index is 1370. The van der Waals surface area contributed by atoms with E-state index in [4.69, 9.17) is 0 Å². The molecule has 0 bridgehead atoms. The Hall–Kier alpha value is -3.85. The van der Waals surface area contributed by atoms with E-state index in [1.807, 2.05) is 6.08 Å². The zero-order valence-electron chi connectivity index (χ0n) is 19.6. The molecule has 0 aliphatic carbocycles. The summed E-state index contributed by atoms with van der Waals surface area (Å²) < 4.78 is 0. The third-order valence-corrected chi connectivity index (χ3v) is 11.8. The lowest BCUT2D eigenvalue weighted by atomic mass is 10.2. The van der Waals surface area contributed by atoms with Crippen molar-refractivity contribution < 1.29 is 4.92 Å². The Labute approximate surface area is 215 Å². The SMILES string of the molecule is O=[N+]([O-])c1ccc(/C=C/c2ccc(C[P+](c3ccccc3)(c3ccccc3)c3ccccc3)s2)cc1. The monoisotopic (exact) mass is 506 g/mol. The predicted molar refractivity (Wildman–Crippen MR) is 155 cm³/mol. The third-order valence-electron chi connectivity index (χ3n) is 6.21. The second-order valence-electron chi connectivity index (χ2n) is 8.46. The minimum atomic E-state index is -1.93. The van der Waals surface area contributed by atoms with Crippen molar-refractivity contribution in [2.24, 2.45) is 0 Å². The normalized spacial score (nSPS) is 11.6. The van der Waals surface area contributed by atoms with Crippen molar-refractivity contribution in [3.63, 3.8) is 0 Å². The van der Waals surface area contributed by atoms with Crippen molar-refractivity contribution in [3.05, 3.63) is 153 Å². The Morgan fingerprint density at radius 1 is 0.639 bits per heavy atom. The number of hydrogen-bond donors (Lipinski definition) is 0. The van der Waals surface area contributed by atoms with Crippen LogP contribution in [0.2, 0.25) is 0 Å². The second kappa shape index (κ2) is 10.8. The van der Waals surface area contributed by atoms with Gasteiger partial charge in [0, 0.05) is 21.9 Å². The van der Waals surface area contributed by atoms with E-state index in [0.29, 0.717) is 0 Å². The van der Waals surface area contributed by atoms with Crippen LogP contribution in [0.1, 0.15) is 15.3 Å². The topological polar surface area (TPSA) is 43.1 Å². The van der Waals surface area contributed by atoms with Gasteiger partial charge >= 0.3 is 0 Å². The van der Waals surface area contributed by atoms with Gasteiger partial charge in [0.1, 0.15) is 29.3 Å². The van der Waals surface area contributed by atoms with Crippen LogP contribution in [0.25, 0.3) is 12.2 Å². The molecule has 4 aromatic carbocycles. The van der Waals surface area contributed by atoms with Gasteiger partial charge in [0.25, 0.3) is 5.69 Å². The molecule has 0 N–H and O–H groups in total. The molecule has 5 heteroatoms. The van der Waals surface area contributed by atoms with E-state index >= 15 is 0 Å². The Balaban J connectivity index is 1.52. The van der Waals surface area contributed by atoms with Crippen molar-refractivity contribution in [1.82, 2.24) is 0 Å². The molecule has 1 heterocycles. The molecule has 0 fully saturated rings. The van der Waals surface area contributed by atoms with Crippen molar-refractivity contribution >= 4 is 52.4 Å². The molecule has 5 aromatic rings. The number of nitrogens with zero attached hydrogens (tertiary/aromatic N) is 1. The van der Waals surface area contributed by atoms with E-state index in [1.54, 1.807) is 23.5 Å². The lowest BCUT2D eigenvalue weighted by Crippen LogP contribution is -2.32. The maximum Gasteiger partial charge on any atom is 0.269 e. The van der Waals surface area contributed by atoms with Crippen molar-refractivity contribution in [1.29, 1.82) is 0 Å². The highest BCUT2D eigenvalue weighted by atomic mass is 32.1. The van der Waals surface area contributed by atoms with Crippen LogP contribution in [-0.4, -0.2) is 4.92 Å². The van der Waals surface area contributed by atoms with Gasteiger partial charge in [-0.25, -0.2) is 0 Å². The molecular formula is C31H25NO2PS+. The fourth-order valence-electron chi connectivity index (χ4n) is 4.46. The average molecular weight is 507 g/mol. The molecule has 0 aliphatic heterocycles. The summed E-state index contributed by atoms with van der Waals surface area (Å²) in [6.45, 7) is 0. The van der Waals surface area contributed by atoms with Crippen LogP contribution in [-0.2, 0) is 6.16 Å². The highest BCUT2D eigenvalue weighted by Gasteiger charge is 2.45. The van der Waals surface area contributed by atoms with E-state index in [0.717, 1.165) is 16.6 Å². The fraction of sp³-hybridized carbons (Fsp3) is 0.0323. The first-order chi connectivity index (χ1) is 17.6. The molecule has 0 unspecified atom stereocenters. The Morgan fingerprint density at radius 2 is 1.14 bits per heavy atom. The Kier molecular flexibility index (Phi) is 7.18. The maximum atomic E-state index is 10.9. The van der Waals surface area contributed by atoms with Crippen LogP contribution in [0.3, 0.4) is 0 Å². The summed E-state index contributed by atoms with van der Waals surface area (Å²) >= 11 is 1.80. The standard InChI is InChI=1S/C31H25NO2PS/c33-32(34)26-19-16-25(17-20-26)18-21-30-22-23-31(36-30)24-35(27-10-4-1-5-11-27,28-12-6-2-7-13-28)29-14-8-3-9-15-29/h1-23H,24H2/q+1/b21-18+. The Morgan fingerprint density at radius 3 is 1.61 bits per heavy atom. The zero-order valence-corrected chi connectivity index (χ0v) is 21.3. The molecule has 0 aliphatic rings. The minimum Gasteiger partial charge on any atom is -0.258 e. The molecule has 1 aromatic heterocycles. The van der Waals surface area contributed by atoms with Gasteiger partial charge in [0.2, 0.25) is 0 Å². The molecule has 176 valence electrons. The lowest BCUT2D eigenvalue weighted by molar-refractivity contribution is -0.384. The number of non-ortho nitro benzene ring substituents is 1. The number of nitro benzene ring substituents is 1. The van der Waals surface area contributed by atoms with E-state index in [-0.39, 0.29) is 10.6 Å². The third kappa shape index (κ3) is 5.06. The summed E-state index contributed by atoms with van der Waals surface area (Å²) in [5, 5.41) is 15.0. The molecule has 3 nitrogen and oxygen atoms in total. The van der Waals surface area contributed by atoms with Crippen LogP contribution >= 0.6 is 18.6 Å². The van der Waals surface area contributed by atoms with E-state index in [9.17, 15) is 10.1 Å². The van der Waals surface area contributed by atoms with Gasteiger partial charge in [0.15, 0.2) is 0 Å². The number of rotatable bonds is 8. The highest BCUT2D eigenvalue weighted by molar-refractivity contribution is 7.95. The van der Waals surface area contributed by atoms with E-state index in [1.165, 1.54) is 32.9 Å². The van der Waals surface area contributed by atoms with Crippen molar-refractivity contribution in [2.45, 2.75) is 6.16 Å². The van der Waals surface area contributed by atoms with Gasteiger partial charge in [-0.1, -0.05) is 60.7 Å². The largest absolute Gasteiger partial charge is 0.269 e. The summed E-state index contributed by atoms with van der Waals surface area (Å²) in [4.78, 5) is 13.0. The van der Waals surface area contributed by atoms with Crippen LogP contribution in [0.15, 0.2) is 127 Å². The highest BCUT2D eigenvalue weighted by Crippen LogP contribution is 2.58. The summed E-state index contributed by atoms with van der Waals surface area (Å²) in [7, 11) is -1.93. The van der Waals surface area contributed by atoms with Crippen LogP contribution in [0, 0.1) is 10.1 Å². The number of hydrogen-bond acceptors (Lipinski definition) is 3. The number of thiophene rings is 1. The van der Waals surface area contributed by atoms with Gasteiger partial charge in [0.05, 0.1) is 4.92 Å². The molecular weight excluding hydrogens is 481 g/mol. The second-order valence-corrected chi connectivity index (χ2v) is 13.1. The lowest BCUT2D eigenvalue weighted by Gasteiger charge is -2.27. The summed E-state index contributed by atoms with van der Waals surface area (Å²) in [5.74, 6) is 0. The first kappa shape index (κ1) is 23.9. The van der Waals surface area contributed by atoms with Crippen LogP contribution < -0.4 is 15.9 Å². The quantitative estimate of drug-likeness (QED) is 0.126. The van der Waals surface area contributed by atoms with Gasteiger partial charge < -0.3 is 0 Å². The number of benzene rings is 4. The molecule has 0 spiro atoms. The van der Waals surface area contributed by atoms with Crippen LogP contribution in [0.5, 0.6) is 0 Å². The first-order valence-corrected chi connectivity index (χ1v) is 14.5. The number of nitro groups is 1. The zero-order chi connectivity index (χ0) is 24.8. The van der Waals surface area contributed by atoms with Crippen molar-refractivity contribution in [3.8, 4) is 0 Å². The van der Waals surface area contributed by atoms with Gasteiger partial charge in [-0.3, -0.25) is 10.1 Å². The van der Waals surface area contributed by atoms with Gasteiger partial charge in [-0.05, 0) is 72.3 Å². The van der Waals surface area contributed by atoms with Crippen molar-refractivity contribution in [2.75, 3.05) is 0 Å². The van der Waals surface area contributed by atoms with E-state index in [2.05, 4.69) is 109 Å². The summed E-state index contributed by atoms with van der Waals surface area (Å²) in [6.07, 6.45) is 5.04. The van der Waals surface area contributed by atoms with Crippen LogP contribution in [0.4, 0.5) is 5.69 Å². The predicted octanol–water partition coefficient (Wildman–Crippen LogP) is 7.32. The molecule has 5 rings (SSSR count). The first-order valence-electron chi connectivity index (χ1n) is 11.7. The summed E-state index contributed by atoms with van der Waals surface area (Å²) in [6, 6.07) is 43.8. The van der Waals surface area contributed by atoms with Gasteiger partial charge in [-0.2, -0.15) is 0 Å². The van der Waals surface area contributed by atoms with E-state index < -0.39 is 7.26 Å². The fourth-order valence-corrected chi connectivity index (χ4v) is 10.1. The van der Waals surface area contributed by atoms with Gasteiger partial charge in [-0.15, -0.1) is 11.3 Å². The molecule has 0 amide bonds. The summed E-state index contributed by atoms with van der Waals surface area (Å²) in [5.41, 5.74) is 1.05. The smallest absolute Gasteiger partial charge is 0.258 e. The maximum absolute atomic E-state index is 10.9. The minimum absolute atomic E-state index is 0.105. The molecule has 0 saturated heterocycles. The molecule has 0 atom stereocenters. The molecule has 0 radical (unpaired) electrons. The molecule has 36 heavy (non-hydrogen) atoms. The molecule has 0 saturated carbocycles. The average Bonchev–Trinajstić information content (AvgIpc) is 3.39.